The van der Waals surface area contributed by atoms with Gasteiger partial charge in [-0.05, 0) is 36.8 Å². The highest BCUT2D eigenvalue weighted by atomic mass is 16.4. The van der Waals surface area contributed by atoms with Gasteiger partial charge in [-0.1, -0.05) is 24.3 Å². The number of benzene rings is 2. The van der Waals surface area contributed by atoms with Crippen LogP contribution in [-0.4, -0.2) is 36.4 Å². The number of anilines is 1. The minimum absolute atomic E-state index is 0.00727. The highest BCUT2D eigenvalue weighted by Crippen LogP contribution is 2.23. The van der Waals surface area contributed by atoms with E-state index < -0.39 is 0 Å². The van der Waals surface area contributed by atoms with Crippen molar-refractivity contribution in [2.45, 2.75) is 13.5 Å². The Hall–Kier alpha value is -2.82. The lowest BCUT2D eigenvalue weighted by Crippen LogP contribution is -2.23. The minimum Gasteiger partial charge on any atom is -0.423 e. The van der Waals surface area contributed by atoms with Gasteiger partial charge in [0.15, 0.2) is 5.58 Å². The molecule has 0 atom stereocenters. The molecule has 0 aliphatic heterocycles. The number of carbonyl (C=O) groups is 1. The quantitative estimate of drug-likeness (QED) is 0.720. The van der Waals surface area contributed by atoms with Crippen molar-refractivity contribution in [3.8, 4) is 0 Å². The first-order valence-electron chi connectivity index (χ1n) is 7.99. The molecule has 0 saturated carbocycles. The summed E-state index contributed by atoms with van der Waals surface area (Å²) in [5.41, 5.74) is 3.44. The summed E-state index contributed by atoms with van der Waals surface area (Å²) < 4.78 is 5.84. The number of oxazole rings is 1. The molecule has 0 saturated heterocycles. The van der Waals surface area contributed by atoms with Crippen LogP contribution in [0.15, 0.2) is 52.9 Å². The number of hydrogen-bond donors (Lipinski definition) is 0. The van der Waals surface area contributed by atoms with E-state index in [1.807, 2.05) is 48.5 Å². The number of para-hydroxylation sites is 2. The molecule has 5 heteroatoms. The van der Waals surface area contributed by atoms with Gasteiger partial charge in [0.05, 0.1) is 0 Å². The second-order valence-corrected chi connectivity index (χ2v) is 5.87. The van der Waals surface area contributed by atoms with Crippen LogP contribution in [0, 0.1) is 0 Å². The Labute approximate surface area is 141 Å². The van der Waals surface area contributed by atoms with Gasteiger partial charge in [0, 0.05) is 32.7 Å². The lowest BCUT2D eigenvalue weighted by molar-refractivity contribution is 0.0827. The van der Waals surface area contributed by atoms with Crippen molar-refractivity contribution in [1.29, 1.82) is 0 Å². The van der Waals surface area contributed by atoms with E-state index in [-0.39, 0.29) is 5.91 Å². The van der Waals surface area contributed by atoms with Crippen LogP contribution in [0.25, 0.3) is 11.1 Å². The summed E-state index contributed by atoms with van der Waals surface area (Å²) in [7, 11) is 3.50. The van der Waals surface area contributed by atoms with Crippen LogP contribution in [0.4, 0.5) is 6.01 Å². The zero-order valence-electron chi connectivity index (χ0n) is 14.2. The van der Waals surface area contributed by atoms with Gasteiger partial charge >= 0.3 is 0 Å². The van der Waals surface area contributed by atoms with Gasteiger partial charge in [0.1, 0.15) is 5.52 Å². The van der Waals surface area contributed by atoms with Gasteiger partial charge in [-0.2, -0.15) is 4.98 Å². The Kier molecular flexibility index (Phi) is 4.51. The second kappa shape index (κ2) is 6.74. The fraction of sp³-hybridized carbons (Fsp3) is 0.263. The van der Waals surface area contributed by atoms with Crippen molar-refractivity contribution in [2.24, 2.45) is 0 Å². The van der Waals surface area contributed by atoms with Gasteiger partial charge in [-0.25, -0.2) is 0 Å². The molecule has 1 heterocycles. The molecule has 3 rings (SSSR count). The lowest BCUT2D eigenvalue weighted by Gasteiger charge is -2.18. The first kappa shape index (κ1) is 16.1. The number of nitrogens with zero attached hydrogens (tertiary/aromatic N) is 3. The predicted octanol–water partition coefficient (Wildman–Crippen LogP) is 3.56. The van der Waals surface area contributed by atoms with Crippen LogP contribution in [0.3, 0.4) is 0 Å². The molecule has 0 radical (unpaired) electrons. The fourth-order valence-electron chi connectivity index (χ4n) is 2.54. The first-order chi connectivity index (χ1) is 11.6. The molecule has 3 aromatic rings. The van der Waals surface area contributed by atoms with Crippen molar-refractivity contribution >= 4 is 23.0 Å². The Bertz CT molecular complexity index is 804. The molecule has 124 valence electrons. The summed E-state index contributed by atoms with van der Waals surface area (Å²) in [6.07, 6.45) is 0. The predicted molar refractivity (Wildman–Crippen MR) is 95.2 cm³/mol. The van der Waals surface area contributed by atoms with Gasteiger partial charge in [-0.3, -0.25) is 4.79 Å². The van der Waals surface area contributed by atoms with Crippen molar-refractivity contribution in [1.82, 2.24) is 9.88 Å². The number of rotatable bonds is 5. The third-order valence-electron chi connectivity index (χ3n) is 3.92. The number of hydrogen-bond acceptors (Lipinski definition) is 4. The summed E-state index contributed by atoms with van der Waals surface area (Å²) >= 11 is 0. The molecule has 0 aliphatic carbocycles. The maximum absolute atomic E-state index is 11.9. The minimum atomic E-state index is 0.00727. The average molecular weight is 323 g/mol. The molecule has 2 aromatic carbocycles. The van der Waals surface area contributed by atoms with Crippen molar-refractivity contribution in [3.05, 3.63) is 59.7 Å². The van der Waals surface area contributed by atoms with E-state index in [0.717, 1.165) is 23.2 Å². The zero-order valence-corrected chi connectivity index (χ0v) is 14.2. The molecule has 0 spiro atoms. The molecular weight excluding hydrogens is 302 g/mol. The Morgan fingerprint density at radius 1 is 1.08 bits per heavy atom. The summed E-state index contributed by atoms with van der Waals surface area (Å²) in [5, 5.41) is 0. The Morgan fingerprint density at radius 3 is 2.42 bits per heavy atom. The Morgan fingerprint density at radius 2 is 1.79 bits per heavy atom. The molecule has 0 aliphatic rings. The van der Waals surface area contributed by atoms with E-state index >= 15 is 0 Å². The number of amides is 1. The van der Waals surface area contributed by atoms with Crippen LogP contribution in [0.5, 0.6) is 0 Å². The van der Waals surface area contributed by atoms with Crippen LogP contribution < -0.4 is 4.90 Å². The Balaban J connectivity index is 1.79. The summed E-state index contributed by atoms with van der Waals surface area (Å²) in [4.78, 5) is 20.1. The van der Waals surface area contributed by atoms with E-state index in [0.29, 0.717) is 18.1 Å². The third-order valence-corrected chi connectivity index (χ3v) is 3.92. The normalized spacial score (nSPS) is 10.8. The van der Waals surface area contributed by atoms with E-state index in [4.69, 9.17) is 4.42 Å². The van der Waals surface area contributed by atoms with Gasteiger partial charge in [-0.15, -0.1) is 0 Å². The highest BCUT2D eigenvalue weighted by Gasteiger charge is 2.13. The van der Waals surface area contributed by atoms with E-state index in [1.165, 1.54) is 0 Å². The van der Waals surface area contributed by atoms with E-state index in [9.17, 15) is 4.79 Å². The number of aromatic nitrogens is 1. The molecule has 0 fully saturated rings. The van der Waals surface area contributed by atoms with Crippen LogP contribution >= 0.6 is 0 Å². The van der Waals surface area contributed by atoms with Crippen LogP contribution in [0.2, 0.25) is 0 Å². The van der Waals surface area contributed by atoms with Crippen molar-refractivity contribution in [3.63, 3.8) is 0 Å². The highest BCUT2D eigenvalue weighted by molar-refractivity contribution is 5.93. The molecule has 1 amide bonds. The molecule has 5 nitrogen and oxygen atoms in total. The second-order valence-electron chi connectivity index (χ2n) is 5.87. The number of fused-ring (bicyclic) bond motifs is 1. The largest absolute Gasteiger partial charge is 0.423 e. The molecule has 0 unspecified atom stereocenters. The third kappa shape index (κ3) is 3.25. The number of carbonyl (C=O) groups excluding carboxylic acids is 1. The maximum atomic E-state index is 11.9. The summed E-state index contributed by atoms with van der Waals surface area (Å²) in [6, 6.07) is 16.0. The summed E-state index contributed by atoms with van der Waals surface area (Å²) in [6.45, 7) is 3.53. The molecule has 0 bridgehead atoms. The van der Waals surface area contributed by atoms with Crippen molar-refractivity contribution in [2.75, 3.05) is 25.5 Å². The fourth-order valence-corrected chi connectivity index (χ4v) is 2.54. The van der Waals surface area contributed by atoms with Gasteiger partial charge in [0.25, 0.3) is 11.9 Å². The molecule has 0 N–H and O–H groups in total. The molecular formula is C19H21N3O2. The van der Waals surface area contributed by atoms with Crippen LogP contribution in [-0.2, 0) is 6.54 Å². The topological polar surface area (TPSA) is 49.6 Å². The zero-order chi connectivity index (χ0) is 17.1. The monoisotopic (exact) mass is 323 g/mol. The summed E-state index contributed by atoms with van der Waals surface area (Å²) in [5.74, 6) is 0.00727. The average Bonchev–Trinajstić information content (AvgIpc) is 3.03. The van der Waals surface area contributed by atoms with Crippen molar-refractivity contribution < 1.29 is 9.21 Å². The van der Waals surface area contributed by atoms with E-state index in [2.05, 4.69) is 16.8 Å². The SMILES string of the molecule is CCN(Cc1ccc(C(=O)N(C)C)cc1)c1nc2ccccc2o1. The van der Waals surface area contributed by atoms with Crippen LogP contribution in [0.1, 0.15) is 22.8 Å². The first-order valence-corrected chi connectivity index (χ1v) is 7.99. The standard InChI is InChI=1S/C19H21N3O2/c1-4-22(19-20-16-7-5-6-8-17(16)24-19)13-14-9-11-15(12-10-14)18(23)21(2)3/h5-12H,4,13H2,1-3H3. The smallest absolute Gasteiger partial charge is 0.298 e. The van der Waals surface area contributed by atoms with Gasteiger partial charge in [0.2, 0.25) is 0 Å². The molecule has 24 heavy (non-hydrogen) atoms. The van der Waals surface area contributed by atoms with E-state index in [1.54, 1.807) is 19.0 Å². The lowest BCUT2D eigenvalue weighted by atomic mass is 10.1. The maximum Gasteiger partial charge on any atom is 0.298 e. The van der Waals surface area contributed by atoms with Gasteiger partial charge < -0.3 is 14.2 Å². The molecule has 1 aromatic heterocycles.